The van der Waals surface area contributed by atoms with Crippen molar-refractivity contribution in [2.24, 2.45) is 0 Å². The van der Waals surface area contributed by atoms with Gasteiger partial charge in [0.25, 0.3) is 0 Å². The predicted molar refractivity (Wildman–Crippen MR) is 54.6 cm³/mol. The fourth-order valence-electron chi connectivity index (χ4n) is 1.97. The molecule has 1 fully saturated rings. The topological polar surface area (TPSA) is 58.6 Å². The monoisotopic (exact) mass is 207 g/mol. The molecule has 80 valence electrons. The second-order valence-corrected chi connectivity index (χ2v) is 3.61. The number of ether oxygens (including phenoxy) is 1. The lowest BCUT2D eigenvalue weighted by atomic mass is 9.79. The number of carboxylic acid groups (broad SMARTS) is 1. The van der Waals surface area contributed by atoms with Crippen molar-refractivity contribution >= 4 is 5.97 Å². The third kappa shape index (κ3) is 1.42. The molecule has 4 nitrogen and oxygen atoms in total. The summed E-state index contributed by atoms with van der Waals surface area (Å²) >= 11 is 0. The van der Waals surface area contributed by atoms with Crippen LogP contribution in [0.2, 0.25) is 0 Å². The van der Waals surface area contributed by atoms with Gasteiger partial charge in [0.05, 0.1) is 0 Å². The molecule has 2 N–H and O–H groups in total. The third-order valence-electron chi connectivity index (χ3n) is 2.91. The summed E-state index contributed by atoms with van der Waals surface area (Å²) in [5, 5.41) is 11.9. The second kappa shape index (κ2) is 3.64. The van der Waals surface area contributed by atoms with Crippen molar-refractivity contribution in [3.8, 4) is 0 Å². The molecule has 0 spiro atoms. The molecule has 1 aromatic rings. The quantitative estimate of drug-likeness (QED) is 0.761. The number of hydrogen-bond acceptors (Lipinski definition) is 3. The van der Waals surface area contributed by atoms with Gasteiger partial charge in [-0.05, 0) is 5.56 Å². The van der Waals surface area contributed by atoms with Crippen LogP contribution in [0.3, 0.4) is 0 Å². The van der Waals surface area contributed by atoms with Crippen molar-refractivity contribution in [1.29, 1.82) is 0 Å². The highest BCUT2D eigenvalue weighted by Gasteiger charge is 2.52. The average Bonchev–Trinajstić information content (AvgIpc) is 2.18. The Morgan fingerprint density at radius 2 is 2.20 bits per heavy atom. The molecule has 1 aliphatic rings. The van der Waals surface area contributed by atoms with Crippen LogP contribution in [0.1, 0.15) is 5.56 Å². The minimum absolute atomic E-state index is 0.532. The Morgan fingerprint density at radius 3 is 2.60 bits per heavy atom. The second-order valence-electron chi connectivity index (χ2n) is 3.61. The van der Waals surface area contributed by atoms with Gasteiger partial charge >= 0.3 is 5.97 Å². The Labute approximate surface area is 87.9 Å². The number of hydrogen-bond donors (Lipinski definition) is 2. The molecule has 2 atom stereocenters. The van der Waals surface area contributed by atoms with Crippen LogP contribution in [0.25, 0.3) is 0 Å². The molecule has 0 radical (unpaired) electrons. The van der Waals surface area contributed by atoms with Crippen LogP contribution in [0.5, 0.6) is 0 Å². The van der Waals surface area contributed by atoms with E-state index in [0.29, 0.717) is 6.54 Å². The van der Waals surface area contributed by atoms with E-state index in [0.717, 1.165) is 5.56 Å². The summed E-state index contributed by atoms with van der Waals surface area (Å²) in [4.78, 5) is 11.0. The zero-order valence-corrected chi connectivity index (χ0v) is 8.43. The molecule has 4 heteroatoms. The first kappa shape index (κ1) is 10.1. The highest BCUT2D eigenvalue weighted by Crippen LogP contribution is 2.34. The number of rotatable bonds is 3. The number of carboxylic acids is 1. The lowest BCUT2D eigenvalue weighted by molar-refractivity contribution is -0.162. The van der Waals surface area contributed by atoms with E-state index < -0.39 is 17.6 Å². The molecule has 0 amide bonds. The Morgan fingerprint density at radius 1 is 1.53 bits per heavy atom. The summed E-state index contributed by atoms with van der Waals surface area (Å²) in [6.45, 7) is 0.532. The first-order valence-corrected chi connectivity index (χ1v) is 4.77. The Bertz CT molecular complexity index is 361. The van der Waals surface area contributed by atoms with E-state index in [2.05, 4.69) is 5.32 Å². The molecule has 0 bridgehead atoms. The van der Waals surface area contributed by atoms with Crippen molar-refractivity contribution in [3.63, 3.8) is 0 Å². The standard InChI is InChI=1S/C11H13NO3/c1-15-11(7-12-9(11)10(13)14)8-5-3-2-4-6-8/h2-6,9,12H,7H2,1H3,(H,13,14)/t9-,11+/m1/s1. The van der Waals surface area contributed by atoms with Crippen LogP contribution in [-0.4, -0.2) is 30.8 Å². The fraction of sp³-hybridized carbons (Fsp3) is 0.364. The van der Waals surface area contributed by atoms with Crippen LogP contribution < -0.4 is 5.32 Å². The molecule has 0 aliphatic carbocycles. The van der Waals surface area contributed by atoms with Crippen molar-refractivity contribution in [3.05, 3.63) is 35.9 Å². The van der Waals surface area contributed by atoms with Crippen molar-refractivity contribution in [2.45, 2.75) is 11.6 Å². The first-order valence-electron chi connectivity index (χ1n) is 4.77. The van der Waals surface area contributed by atoms with Gasteiger partial charge in [0, 0.05) is 13.7 Å². The van der Waals surface area contributed by atoms with Crippen molar-refractivity contribution < 1.29 is 14.6 Å². The molecule has 0 saturated carbocycles. The van der Waals surface area contributed by atoms with Gasteiger partial charge in [-0.15, -0.1) is 0 Å². The van der Waals surface area contributed by atoms with Gasteiger partial charge in [-0.2, -0.15) is 0 Å². The number of carbonyl (C=O) groups is 1. The Balaban J connectivity index is 2.35. The zero-order valence-electron chi connectivity index (χ0n) is 8.43. The van der Waals surface area contributed by atoms with E-state index in [1.807, 2.05) is 30.3 Å². The molecule has 15 heavy (non-hydrogen) atoms. The average molecular weight is 207 g/mol. The molecule has 0 unspecified atom stereocenters. The first-order chi connectivity index (χ1) is 7.20. The number of nitrogens with one attached hydrogen (secondary N) is 1. The summed E-state index contributed by atoms with van der Waals surface area (Å²) in [5.74, 6) is -0.882. The Hall–Kier alpha value is -1.39. The lowest BCUT2D eigenvalue weighted by Gasteiger charge is -2.47. The van der Waals surface area contributed by atoms with E-state index in [9.17, 15) is 4.79 Å². The van der Waals surface area contributed by atoms with E-state index in [-0.39, 0.29) is 0 Å². The lowest BCUT2D eigenvalue weighted by Crippen LogP contribution is -2.69. The minimum Gasteiger partial charge on any atom is -0.480 e. The molecular formula is C11H13NO3. The fourth-order valence-corrected chi connectivity index (χ4v) is 1.97. The molecular weight excluding hydrogens is 194 g/mol. The van der Waals surface area contributed by atoms with Gasteiger partial charge in [-0.25, -0.2) is 0 Å². The number of benzene rings is 1. The minimum atomic E-state index is -0.882. The van der Waals surface area contributed by atoms with Crippen LogP contribution in [0.15, 0.2) is 30.3 Å². The maximum absolute atomic E-state index is 11.0. The van der Waals surface area contributed by atoms with E-state index in [1.165, 1.54) is 0 Å². The summed E-state index contributed by atoms with van der Waals surface area (Å²) < 4.78 is 5.39. The van der Waals surface area contributed by atoms with Crippen molar-refractivity contribution in [2.75, 3.05) is 13.7 Å². The number of aliphatic carboxylic acids is 1. The number of methoxy groups -OCH3 is 1. The smallest absolute Gasteiger partial charge is 0.324 e. The van der Waals surface area contributed by atoms with E-state index in [4.69, 9.17) is 9.84 Å². The van der Waals surface area contributed by atoms with Crippen LogP contribution >= 0.6 is 0 Å². The van der Waals surface area contributed by atoms with E-state index >= 15 is 0 Å². The third-order valence-corrected chi connectivity index (χ3v) is 2.91. The van der Waals surface area contributed by atoms with Gasteiger partial charge in [0.15, 0.2) is 0 Å². The highest BCUT2D eigenvalue weighted by atomic mass is 16.5. The molecule has 1 heterocycles. The highest BCUT2D eigenvalue weighted by molar-refractivity contribution is 5.77. The SMILES string of the molecule is CO[C@]1(c2ccccc2)CN[C@@H]1C(=O)O. The molecule has 1 aliphatic heterocycles. The van der Waals surface area contributed by atoms with E-state index in [1.54, 1.807) is 7.11 Å². The Kier molecular flexibility index (Phi) is 2.46. The van der Waals surface area contributed by atoms with Gasteiger partial charge in [0.1, 0.15) is 11.6 Å². The van der Waals surface area contributed by atoms with Gasteiger partial charge in [0.2, 0.25) is 0 Å². The van der Waals surface area contributed by atoms with Crippen LogP contribution in [0, 0.1) is 0 Å². The predicted octanol–water partition coefficient (Wildman–Crippen LogP) is 0.585. The van der Waals surface area contributed by atoms with Crippen LogP contribution in [0.4, 0.5) is 0 Å². The maximum Gasteiger partial charge on any atom is 0.324 e. The van der Waals surface area contributed by atoms with Crippen molar-refractivity contribution in [1.82, 2.24) is 5.32 Å². The molecule has 1 saturated heterocycles. The molecule has 1 aromatic carbocycles. The summed E-state index contributed by atoms with van der Waals surface area (Å²) in [7, 11) is 1.55. The normalized spacial score (nSPS) is 29.5. The summed E-state index contributed by atoms with van der Waals surface area (Å²) in [6, 6.07) is 8.78. The summed E-state index contributed by atoms with van der Waals surface area (Å²) in [5.41, 5.74) is 0.186. The van der Waals surface area contributed by atoms with Crippen LogP contribution in [-0.2, 0) is 15.1 Å². The molecule has 0 aromatic heterocycles. The van der Waals surface area contributed by atoms with Gasteiger partial charge in [-0.3, -0.25) is 10.1 Å². The summed E-state index contributed by atoms with van der Waals surface area (Å²) in [6.07, 6.45) is 0. The van der Waals surface area contributed by atoms with Gasteiger partial charge < -0.3 is 9.84 Å². The largest absolute Gasteiger partial charge is 0.480 e. The van der Waals surface area contributed by atoms with Gasteiger partial charge in [-0.1, -0.05) is 30.3 Å². The zero-order chi connectivity index (χ0) is 10.9. The maximum atomic E-state index is 11.0. The molecule has 2 rings (SSSR count).